The van der Waals surface area contributed by atoms with Gasteiger partial charge < -0.3 is 10.1 Å². The second kappa shape index (κ2) is 7.20. The fourth-order valence-corrected chi connectivity index (χ4v) is 2.47. The van der Waals surface area contributed by atoms with Crippen LogP contribution in [-0.2, 0) is 9.53 Å². The van der Waals surface area contributed by atoms with E-state index < -0.39 is 17.9 Å². The monoisotopic (exact) mass is 293 g/mol. The third-order valence-electron chi connectivity index (χ3n) is 3.70. The number of hydrogen-bond acceptors (Lipinski definition) is 3. The second-order valence-corrected chi connectivity index (χ2v) is 5.37. The normalized spacial score (nSPS) is 17.0. The fourth-order valence-electron chi connectivity index (χ4n) is 2.47. The minimum Gasteiger partial charge on any atom is -0.449 e. The van der Waals surface area contributed by atoms with Crippen molar-refractivity contribution in [3.05, 3.63) is 35.6 Å². The van der Waals surface area contributed by atoms with Crippen LogP contribution < -0.4 is 5.32 Å². The molecule has 0 heterocycles. The number of rotatable bonds is 4. The van der Waals surface area contributed by atoms with Crippen LogP contribution in [0.4, 0.5) is 4.39 Å². The number of carbonyl (C=O) groups excluding carboxylic acids is 2. The maximum Gasteiger partial charge on any atom is 0.341 e. The number of carbonyl (C=O) groups is 2. The van der Waals surface area contributed by atoms with Crippen LogP contribution >= 0.6 is 0 Å². The zero-order valence-electron chi connectivity index (χ0n) is 12.1. The summed E-state index contributed by atoms with van der Waals surface area (Å²) in [5.41, 5.74) is -0.158. The van der Waals surface area contributed by atoms with Crippen LogP contribution in [0.15, 0.2) is 24.3 Å². The van der Waals surface area contributed by atoms with E-state index >= 15 is 0 Å². The van der Waals surface area contributed by atoms with Crippen molar-refractivity contribution in [1.82, 2.24) is 5.32 Å². The fraction of sp³-hybridized carbons (Fsp3) is 0.500. The average Bonchev–Trinajstić information content (AvgIpc) is 2.48. The van der Waals surface area contributed by atoms with E-state index in [0.717, 1.165) is 25.7 Å². The van der Waals surface area contributed by atoms with E-state index in [9.17, 15) is 14.0 Å². The topological polar surface area (TPSA) is 55.4 Å². The molecule has 1 aliphatic rings. The molecule has 0 aliphatic heterocycles. The molecule has 0 radical (unpaired) electrons. The number of esters is 1. The third-order valence-corrected chi connectivity index (χ3v) is 3.70. The molecule has 114 valence electrons. The van der Waals surface area contributed by atoms with Crippen molar-refractivity contribution in [3.8, 4) is 0 Å². The van der Waals surface area contributed by atoms with Crippen molar-refractivity contribution in [2.24, 2.45) is 0 Å². The molecule has 0 bridgehead atoms. The predicted molar refractivity (Wildman–Crippen MR) is 76.3 cm³/mol. The summed E-state index contributed by atoms with van der Waals surface area (Å²) in [5.74, 6) is -1.80. The Morgan fingerprint density at radius 1 is 1.24 bits per heavy atom. The second-order valence-electron chi connectivity index (χ2n) is 5.37. The molecular formula is C16H20FNO3. The Labute approximate surface area is 123 Å². The van der Waals surface area contributed by atoms with Crippen molar-refractivity contribution >= 4 is 11.9 Å². The summed E-state index contributed by atoms with van der Waals surface area (Å²) in [4.78, 5) is 23.8. The molecule has 2 rings (SSSR count). The van der Waals surface area contributed by atoms with Crippen molar-refractivity contribution < 1.29 is 18.7 Å². The summed E-state index contributed by atoms with van der Waals surface area (Å²) >= 11 is 0. The lowest BCUT2D eigenvalue weighted by atomic mass is 9.95. The first-order valence-corrected chi connectivity index (χ1v) is 7.34. The third kappa shape index (κ3) is 4.28. The molecule has 1 aliphatic carbocycles. The van der Waals surface area contributed by atoms with E-state index in [1.807, 2.05) is 0 Å². The molecule has 1 saturated carbocycles. The van der Waals surface area contributed by atoms with Gasteiger partial charge in [0.1, 0.15) is 5.82 Å². The highest BCUT2D eigenvalue weighted by molar-refractivity contribution is 5.92. The number of amides is 1. The molecule has 0 aromatic heterocycles. The molecule has 1 aromatic rings. The van der Waals surface area contributed by atoms with E-state index in [0.29, 0.717) is 0 Å². The Bertz CT molecular complexity index is 512. The molecule has 4 nitrogen and oxygen atoms in total. The molecule has 1 atom stereocenters. The zero-order chi connectivity index (χ0) is 15.2. The van der Waals surface area contributed by atoms with Crippen molar-refractivity contribution in [1.29, 1.82) is 0 Å². The van der Waals surface area contributed by atoms with Crippen molar-refractivity contribution in [3.63, 3.8) is 0 Å². The zero-order valence-corrected chi connectivity index (χ0v) is 12.1. The minimum atomic E-state index is -0.931. The Hall–Kier alpha value is -1.91. The number of benzene rings is 1. The summed E-state index contributed by atoms with van der Waals surface area (Å²) in [6.45, 7) is 1.50. The van der Waals surface area contributed by atoms with Crippen LogP contribution in [0, 0.1) is 5.82 Å². The highest BCUT2D eigenvalue weighted by atomic mass is 19.1. The van der Waals surface area contributed by atoms with Gasteiger partial charge in [-0.2, -0.15) is 0 Å². The predicted octanol–water partition coefficient (Wildman–Crippen LogP) is 2.82. The van der Waals surface area contributed by atoms with Crippen molar-refractivity contribution in [2.75, 3.05) is 0 Å². The van der Waals surface area contributed by atoms with Gasteiger partial charge in [-0.05, 0) is 31.9 Å². The van der Waals surface area contributed by atoms with Crippen LogP contribution in [0.2, 0.25) is 0 Å². The Morgan fingerprint density at radius 2 is 1.90 bits per heavy atom. The molecule has 1 amide bonds. The molecule has 1 N–H and O–H groups in total. The van der Waals surface area contributed by atoms with E-state index in [2.05, 4.69) is 5.32 Å². The molecular weight excluding hydrogens is 273 g/mol. The van der Waals surface area contributed by atoms with Crippen LogP contribution in [-0.4, -0.2) is 24.0 Å². The summed E-state index contributed by atoms with van der Waals surface area (Å²) in [6, 6.07) is 5.71. The Kier molecular flexibility index (Phi) is 5.31. The maximum atomic E-state index is 13.5. The molecule has 5 heteroatoms. The van der Waals surface area contributed by atoms with Gasteiger partial charge in [0.05, 0.1) is 5.56 Å². The average molecular weight is 293 g/mol. The lowest BCUT2D eigenvalue weighted by Gasteiger charge is -2.24. The highest BCUT2D eigenvalue weighted by Gasteiger charge is 2.23. The van der Waals surface area contributed by atoms with Gasteiger partial charge in [0.15, 0.2) is 6.10 Å². The van der Waals surface area contributed by atoms with E-state index in [1.54, 1.807) is 6.07 Å². The van der Waals surface area contributed by atoms with E-state index in [1.165, 1.54) is 31.5 Å². The molecule has 0 unspecified atom stereocenters. The van der Waals surface area contributed by atoms with Gasteiger partial charge in [0.25, 0.3) is 5.91 Å². The van der Waals surface area contributed by atoms with Crippen LogP contribution in [0.25, 0.3) is 0 Å². The SMILES string of the molecule is C[C@@H](OC(=O)c1ccccc1F)C(=O)NC1CCCCC1. The Balaban J connectivity index is 1.88. The summed E-state index contributed by atoms with van der Waals surface area (Å²) in [5, 5.41) is 2.88. The van der Waals surface area contributed by atoms with E-state index in [4.69, 9.17) is 4.74 Å². The van der Waals surface area contributed by atoms with Gasteiger partial charge >= 0.3 is 5.97 Å². The largest absolute Gasteiger partial charge is 0.449 e. The lowest BCUT2D eigenvalue weighted by Crippen LogP contribution is -2.42. The summed E-state index contributed by atoms with van der Waals surface area (Å²) in [6.07, 6.45) is 4.39. The molecule has 1 fully saturated rings. The number of nitrogens with one attached hydrogen (secondary N) is 1. The first-order valence-electron chi connectivity index (χ1n) is 7.34. The minimum absolute atomic E-state index is 0.154. The van der Waals surface area contributed by atoms with Gasteiger partial charge in [0, 0.05) is 6.04 Å². The molecule has 1 aromatic carbocycles. The number of ether oxygens (including phenoxy) is 1. The van der Waals surface area contributed by atoms with Crippen LogP contribution in [0.5, 0.6) is 0 Å². The van der Waals surface area contributed by atoms with Gasteiger partial charge in [-0.1, -0.05) is 31.4 Å². The number of halogens is 1. The smallest absolute Gasteiger partial charge is 0.341 e. The summed E-state index contributed by atoms with van der Waals surface area (Å²) in [7, 11) is 0. The molecule has 0 saturated heterocycles. The lowest BCUT2D eigenvalue weighted by molar-refractivity contribution is -0.130. The maximum absolute atomic E-state index is 13.5. The first kappa shape index (κ1) is 15.5. The van der Waals surface area contributed by atoms with Gasteiger partial charge in [-0.25, -0.2) is 9.18 Å². The van der Waals surface area contributed by atoms with Gasteiger partial charge in [0.2, 0.25) is 0 Å². The van der Waals surface area contributed by atoms with Crippen molar-refractivity contribution in [2.45, 2.75) is 51.2 Å². The van der Waals surface area contributed by atoms with Gasteiger partial charge in [-0.15, -0.1) is 0 Å². The van der Waals surface area contributed by atoms with E-state index in [-0.39, 0.29) is 17.5 Å². The molecule has 0 spiro atoms. The van der Waals surface area contributed by atoms with Gasteiger partial charge in [-0.3, -0.25) is 4.79 Å². The quantitative estimate of drug-likeness (QED) is 0.868. The molecule has 21 heavy (non-hydrogen) atoms. The Morgan fingerprint density at radius 3 is 2.57 bits per heavy atom. The summed E-state index contributed by atoms with van der Waals surface area (Å²) < 4.78 is 18.5. The van der Waals surface area contributed by atoms with Crippen LogP contribution in [0.1, 0.15) is 49.4 Å². The van der Waals surface area contributed by atoms with Crippen LogP contribution in [0.3, 0.4) is 0 Å². The first-order chi connectivity index (χ1) is 10.1. The standard InChI is InChI=1S/C16H20FNO3/c1-11(15(19)18-12-7-3-2-4-8-12)21-16(20)13-9-5-6-10-14(13)17/h5-6,9-12H,2-4,7-8H2,1H3,(H,18,19)/t11-/m1/s1. The highest BCUT2D eigenvalue weighted by Crippen LogP contribution is 2.17. The number of hydrogen-bond donors (Lipinski definition) is 1.